The molecular weight excluding hydrogens is 231 g/mol. The molecule has 92 valence electrons. The summed E-state index contributed by atoms with van der Waals surface area (Å²) in [4.78, 5) is 10.6. The zero-order chi connectivity index (χ0) is 13.1. The van der Waals surface area contributed by atoms with Gasteiger partial charge in [0.05, 0.1) is 0 Å². The van der Waals surface area contributed by atoms with Gasteiger partial charge in [-0.05, 0) is 61.4 Å². The largest absolute Gasteiger partial charge is 0.457 e. The molecule has 0 aliphatic carbocycles. The van der Waals surface area contributed by atoms with Crippen molar-refractivity contribution in [1.82, 2.24) is 0 Å². The topological polar surface area (TPSA) is 26.3 Å². The van der Waals surface area contributed by atoms with Gasteiger partial charge in [0.1, 0.15) is 23.6 Å². The van der Waals surface area contributed by atoms with Gasteiger partial charge in [-0.2, -0.15) is 0 Å². The average Bonchev–Trinajstić information content (AvgIpc) is 2.36. The van der Waals surface area contributed by atoms with E-state index in [9.17, 15) is 9.18 Å². The summed E-state index contributed by atoms with van der Waals surface area (Å²) >= 11 is 0. The van der Waals surface area contributed by atoms with E-state index in [1.54, 1.807) is 37.3 Å². The molecule has 2 nitrogen and oxygen atoms in total. The Morgan fingerprint density at radius 1 is 1.06 bits per heavy atom. The van der Waals surface area contributed by atoms with Gasteiger partial charge in [-0.25, -0.2) is 4.39 Å². The number of carbonyl (C=O) groups excluding carboxylic acids is 1. The standard InChI is InChI=1S/C15H13FO2/c1-10-8-13(4-5-14(10)16)18-15-6-3-12(9-17)7-11(15)2/h3-9H,1-2H3. The highest BCUT2D eigenvalue weighted by atomic mass is 19.1. The molecule has 0 N–H and O–H groups in total. The Morgan fingerprint density at radius 3 is 2.44 bits per heavy atom. The predicted octanol–water partition coefficient (Wildman–Crippen LogP) is 4.05. The van der Waals surface area contributed by atoms with Gasteiger partial charge < -0.3 is 4.74 Å². The number of rotatable bonds is 3. The minimum atomic E-state index is -0.254. The van der Waals surface area contributed by atoms with Crippen LogP contribution in [0.1, 0.15) is 21.5 Å². The molecule has 0 aromatic heterocycles. The Hall–Kier alpha value is -2.16. The van der Waals surface area contributed by atoms with E-state index in [-0.39, 0.29) is 5.82 Å². The first-order valence-electron chi connectivity index (χ1n) is 5.60. The van der Waals surface area contributed by atoms with E-state index in [0.717, 1.165) is 11.8 Å². The fraction of sp³-hybridized carbons (Fsp3) is 0.133. The fourth-order valence-corrected chi connectivity index (χ4v) is 1.67. The minimum absolute atomic E-state index is 0.254. The van der Waals surface area contributed by atoms with Gasteiger partial charge in [0, 0.05) is 5.56 Å². The van der Waals surface area contributed by atoms with Gasteiger partial charge in [0.25, 0.3) is 0 Å². The summed E-state index contributed by atoms with van der Waals surface area (Å²) in [6, 6.07) is 9.76. The summed E-state index contributed by atoms with van der Waals surface area (Å²) in [5.74, 6) is 0.984. The maximum absolute atomic E-state index is 13.1. The van der Waals surface area contributed by atoms with Crippen molar-refractivity contribution in [3.8, 4) is 11.5 Å². The van der Waals surface area contributed by atoms with E-state index in [2.05, 4.69) is 0 Å². The maximum Gasteiger partial charge on any atom is 0.150 e. The van der Waals surface area contributed by atoms with Crippen LogP contribution in [0.4, 0.5) is 4.39 Å². The second kappa shape index (κ2) is 5.00. The molecular formula is C15H13FO2. The van der Waals surface area contributed by atoms with Crippen LogP contribution in [0.3, 0.4) is 0 Å². The molecule has 2 aromatic rings. The first-order valence-corrected chi connectivity index (χ1v) is 5.60. The monoisotopic (exact) mass is 244 g/mol. The van der Waals surface area contributed by atoms with Crippen molar-refractivity contribution in [1.29, 1.82) is 0 Å². The molecule has 3 heteroatoms. The summed E-state index contributed by atoms with van der Waals surface area (Å²) in [6.07, 6.45) is 0.790. The first-order chi connectivity index (χ1) is 8.60. The summed E-state index contributed by atoms with van der Waals surface area (Å²) in [7, 11) is 0. The third-order valence-electron chi connectivity index (χ3n) is 2.69. The number of hydrogen-bond donors (Lipinski definition) is 0. The molecule has 0 aliphatic heterocycles. The van der Waals surface area contributed by atoms with Gasteiger partial charge >= 0.3 is 0 Å². The lowest BCUT2D eigenvalue weighted by Crippen LogP contribution is -1.91. The van der Waals surface area contributed by atoms with Crippen LogP contribution in [-0.4, -0.2) is 6.29 Å². The molecule has 0 spiro atoms. The molecule has 2 rings (SSSR count). The average molecular weight is 244 g/mol. The molecule has 0 saturated heterocycles. The minimum Gasteiger partial charge on any atom is -0.457 e. The summed E-state index contributed by atoms with van der Waals surface area (Å²) in [6.45, 7) is 3.54. The summed E-state index contributed by atoms with van der Waals surface area (Å²) in [5.41, 5.74) is 2.01. The van der Waals surface area contributed by atoms with Crippen LogP contribution in [0.15, 0.2) is 36.4 Å². The molecule has 0 aliphatic rings. The molecule has 0 saturated carbocycles. The van der Waals surface area contributed by atoms with Crippen molar-refractivity contribution in [2.24, 2.45) is 0 Å². The molecule has 0 unspecified atom stereocenters. The van der Waals surface area contributed by atoms with Crippen molar-refractivity contribution >= 4 is 6.29 Å². The number of hydrogen-bond acceptors (Lipinski definition) is 2. The lowest BCUT2D eigenvalue weighted by atomic mass is 10.1. The number of halogens is 1. The van der Waals surface area contributed by atoms with E-state index in [4.69, 9.17) is 4.74 Å². The van der Waals surface area contributed by atoms with E-state index >= 15 is 0 Å². The van der Waals surface area contributed by atoms with Crippen LogP contribution >= 0.6 is 0 Å². The van der Waals surface area contributed by atoms with Gasteiger partial charge in [0.15, 0.2) is 0 Å². The molecule has 0 amide bonds. The highest BCUT2D eigenvalue weighted by Crippen LogP contribution is 2.26. The number of carbonyl (C=O) groups is 1. The number of ether oxygens (including phenoxy) is 1. The van der Waals surface area contributed by atoms with Crippen LogP contribution in [0.2, 0.25) is 0 Å². The first kappa shape index (κ1) is 12.3. The van der Waals surface area contributed by atoms with Gasteiger partial charge in [-0.1, -0.05) is 0 Å². The SMILES string of the molecule is Cc1cc(Oc2ccc(C=O)cc2C)ccc1F. The van der Waals surface area contributed by atoms with E-state index in [1.807, 2.05) is 6.92 Å². The van der Waals surface area contributed by atoms with Crippen LogP contribution in [0.25, 0.3) is 0 Å². The lowest BCUT2D eigenvalue weighted by molar-refractivity contribution is 0.112. The quantitative estimate of drug-likeness (QED) is 0.761. The van der Waals surface area contributed by atoms with Crippen molar-refractivity contribution < 1.29 is 13.9 Å². The third-order valence-corrected chi connectivity index (χ3v) is 2.69. The van der Waals surface area contributed by atoms with E-state index in [0.29, 0.717) is 22.6 Å². The maximum atomic E-state index is 13.1. The molecule has 0 bridgehead atoms. The van der Waals surface area contributed by atoms with Crippen LogP contribution in [0.5, 0.6) is 11.5 Å². The summed E-state index contributed by atoms with van der Waals surface area (Å²) < 4.78 is 18.8. The smallest absolute Gasteiger partial charge is 0.150 e. The Kier molecular flexibility index (Phi) is 3.42. The number of aryl methyl sites for hydroxylation is 2. The third kappa shape index (κ3) is 2.56. The van der Waals surface area contributed by atoms with Crippen LogP contribution < -0.4 is 4.74 Å². The van der Waals surface area contributed by atoms with Crippen molar-refractivity contribution in [3.05, 3.63) is 58.9 Å². The molecule has 0 atom stereocenters. The van der Waals surface area contributed by atoms with E-state index in [1.165, 1.54) is 6.07 Å². The molecule has 2 aromatic carbocycles. The molecule has 0 heterocycles. The van der Waals surface area contributed by atoms with Crippen molar-refractivity contribution in [2.45, 2.75) is 13.8 Å². The van der Waals surface area contributed by atoms with Gasteiger partial charge in [-0.3, -0.25) is 4.79 Å². The van der Waals surface area contributed by atoms with Crippen LogP contribution in [-0.2, 0) is 0 Å². The second-order valence-electron chi connectivity index (χ2n) is 4.16. The number of benzene rings is 2. The van der Waals surface area contributed by atoms with E-state index < -0.39 is 0 Å². The number of aldehydes is 1. The zero-order valence-corrected chi connectivity index (χ0v) is 10.2. The zero-order valence-electron chi connectivity index (χ0n) is 10.2. The van der Waals surface area contributed by atoms with Crippen LogP contribution in [0, 0.1) is 19.7 Å². The van der Waals surface area contributed by atoms with Crippen molar-refractivity contribution in [3.63, 3.8) is 0 Å². The second-order valence-corrected chi connectivity index (χ2v) is 4.16. The van der Waals surface area contributed by atoms with Gasteiger partial charge in [0.2, 0.25) is 0 Å². The molecule has 18 heavy (non-hydrogen) atoms. The Balaban J connectivity index is 2.28. The predicted molar refractivity (Wildman–Crippen MR) is 67.8 cm³/mol. The Morgan fingerprint density at radius 2 is 1.83 bits per heavy atom. The molecule has 0 radical (unpaired) electrons. The highest BCUT2D eigenvalue weighted by molar-refractivity contribution is 5.75. The summed E-state index contributed by atoms with van der Waals surface area (Å²) in [5, 5.41) is 0. The Labute approximate surface area is 105 Å². The fourth-order valence-electron chi connectivity index (χ4n) is 1.67. The Bertz CT molecular complexity index is 591. The van der Waals surface area contributed by atoms with Gasteiger partial charge in [-0.15, -0.1) is 0 Å². The van der Waals surface area contributed by atoms with Crippen molar-refractivity contribution in [2.75, 3.05) is 0 Å². The lowest BCUT2D eigenvalue weighted by Gasteiger charge is -2.09. The molecule has 0 fully saturated rings. The highest BCUT2D eigenvalue weighted by Gasteiger charge is 2.04. The normalized spacial score (nSPS) is 10.2.